The van der Waals surface area contributed by atoms with E-state index < -0.39 is 8.56 Å². The topological polar surface area (TPSA) is 21.7 Å². The summed E-state index contributed by atoms with van der Waals surface area (Å²) in [6, 6.07) is 9.32. The number of rotatable bonds is 14. The molecule has 3 nitrogen and oxygen atoms in total. The van der Waals surface area contributed by atoms with E-state index in [1.165, 1.54) is 44.0 Å². The van der Waals surface area contributed by atoms with Gasteiger partial charge < -0.3 is 13.8 Å². The van der Waals surface area contributed by atoms with Crippen molar-refractivity contribution in [2.75, 3.05) is 33.9 Å². The summed E-state index contributed by atoms with van der Waals surface area (Å²) in [5.74, 6) is 0. The Kier molecular flexibility index (Phi) is 11.0. The van der Waals surface area contributed by atoms with E-state index in [2.05, 4.69) is 43.5 Å². The van der Waals surface area contributed by atoms with Gasteiger partial charge in [0.15, 0.2) is 0 Å². The summed E-state index contributed by atoms with van der Waals surface area (Å²) in [6.45, 7) is 12.0. The summed E-state index contributed by atoms with van der Waals surface area (Å²) in [5, 5.41) is 1.20. The molecule has 0 spiro atoms. The Bertz CT molecular complexity index is 481. The number of nitrogens with zero attached hydrogens (tertiary/aromatic N) is 1. The van der Waals surface area contributed by atoms with Gasteiger partial charge in [0, 0.05) is 19.4 Å². The van der Waals surface area contributed by atoms with Gasteiger partial charge in [-0.2, -0.15) is 0 Å². The van der Waals surface area contributed by atoms with Gasteiger partial charge in [0.05, 0.1) is 0 Å². The summed E-state index contributed by atoms with van der Waals surface area (Å²) >= 11 is 0. The highest BCUT2D eigenvalue weighted by Crippen LogP contribution is 2.18. The molecule has 0 saturated heterocycles. The maximum atomic E-state index is 6.01. The van der Waals surface area contributed by atoms with Crippen molar-refractivity contribution in [3.05, 3.63) is 36.4 Å². The molecule has 0 unspecified atom stereocenters. The molecule has 0 saturated carbocycles. The average molecular weight is 364 g/mol. The van der Waals surface area contributed by atoms with Crippen molar-refractivity contribution in [3.63, 3.8) is 0 Å². The molecular formula is C21H37NO2Si. The van der Waals surface area contributed by atoms with Crippen molar-refractivity contribution < 1.29 is 8.85 Å². The van der Waals surface area contributed by atoms with Crippen LogP contribution in [0.15, 0.2) is 30.8 Å². The Balaban J connectivity index is 2.78. The van der Waals surface area contributed by atoms with Crippen molar-refractivity contribution in [1.82, 2.24) is 4.90 Å². The van der Waals surface area contributed by atoms with Gasteiger partial charge in [0.1, 0.15) is 0 Å². The van der Waals surface area contributed by atoms with E-state index in [1.807, 2.05) is 12.1 Å². The SMILES string of the molecule is C=Cc1ccccc1[Si](CCCN(CCCC)CCCC)(OC)OC. The van der Waals surface area contributed by atoms with E-state index in [9.17, 15) is 0 Å². The molecule has 1 rings (SSSR count). The standard InChI is InChI=1S/C21H37NO2Si/c1-6-9-16-22(17-10-7-2)18-13-19-25(23-4,24-5)21-15-12-11-14-20(21)8-3/h8,11-12,14-15H,3,6-7,9-10,13,16-19H2,1-2,4-5H3. The highest BCUT2D eigenvalue weighted by atomic mass is 28.4. The minimum atomic E-state index is -2.41. The first kappa shape index (κ1) is 22.1. The Morgan fingerprint density at radius 3 is 2.04 bits per heavy atom. The molecule has 0 fully saturated rings. The van der Waals surface area contributed by atoms with Crippen LogP contribution in [0, 0.1) is 0 Å². The van der Waals surface area contributed by atoms with Crippen LogP contribution in [0.4, 0.5) is 0 Å². The third-order valence-corrected chi connectivity index (χ3v) is 8.49. The second-order valence-electron chi connectivity index (χ2n) is 6.60. The molecule has 1 aromatic rings. The molecule has 0 aliphatic rings. The zero-order valence-corrected chi connectivity index (χ0v) is 17.7. The van der Waals surface area contributed by atoms with Crippen LogP contribution < -0.4 is 5.19 Å². The average Bonchev–Trinajstić information content (AvgIpc) is 2.67. The largest absolute Gasteiger partial charge is 0.394 e. The predicted molar refractivity (Wildman–Crippen MR) is 112 cm³/mol. The van der Waals surface area contributed by atoms with Crippen molar-refractivity contribution in [2.24, 2.45) is 0 Å². The van der Waals surface area contributed by atoms with Gasteiger partial charge in [0.2, 0.25) is 0 Å². The first-order valence-corrected chi connectivity index (χ1v) is 11.7. The van der Waals surface area contributed by atoms with Crippen LogP contribution in [-0.4, -0.2) is 47.3 Å². The normalized spacial score (nSPS) is 11.9. The highest BCUT2D eigenvalue weighted by molar-refractivity contribution is 6.81. The van der Waals surface area contributed by atoms with Gasteiger partial charge in [-0.15, -0.1) is 0 Å². The Morgan fingerprint density at radius 2 is 1.52 bits per heavy atom. The maximum absolute atomic E-state index is 6.01. The Hall–Kier alpha value is -0.943. The Labute approximate surface area is 156 Å². The molecule has 0 N–H and O–H groups in total. The predicted octanol–water partition coefficient (Wildman–Crippen LogP) is 4.56. The minimum Gasteiger partial charge on any atom is -0.394 e. The van der Waals surface area contributed by atoms with E-state index in [4.69, 9.17) is 8.85 Å². The highest BCUT2D eigenvalue weighted by Gasteiger charge is 2.39. The monoisotopic (exact) mass is 363 g/mol. The molecule has 0 heterocycles. The quantitative estimate of drug-likeness (QED) is 0.452. The van der Waals surface area contributed by atoms with Gasteiger partial charge >= 0.3 is 8.56 Å². The second-order valence-corrected chi connectivity index (χ2v) is 9.97. The van der Waals surface area contributed by atoms with E-state index >= 15 is 0 Å². The minimum absolute atomic E-state index is 0.972. The molecule has 1 aromatic carbocycles. The molecule has 142 valence electrons. The van der Waals surface area contributed by atoms with Crippen LogP contribution in [0.2, 0.25) is 6.04 Å². The van der Waals surface area contributed by atoms with Crippen LogP contribution in [0.3, 0.4) is 0 Å². The molecule has 0 aliphatic heterocycles. The van der Waals surface area contributed by atoms with Crippen molar-refractivity contribution in [2.45, 2.75) is 52.0 Å². The smallest absolute Gasteiger partial charge is 0.372 e. The molecule has 4 heteroatoms. The van der Waals surface area contributed by atoms with E-state index in [0.29, 0.717) is 0 Å². The summed E-state index contributed by atoms with van der Waals surface area (Å²) in [7, 11) is 1.17. The van der Waals surface area contributed by atoms with E-state index in [1.54, 1.807) is 14.2 Å². The molecule has 0 aromatic heterocycles. The third-order valence-electron chi connectivity index (χ3n) is 4.89. The second kappa shape index (κ2) is 12.4. The first-order chi connectivity index (χ1) is 12.2. The maximum Gasteiger partial charge on any atom is 0.372 e. The van der Waals surface area contributed by atoms with Crippen LogP contribution >= 0.6 is 0 Å². The third kappa shape index (κ3) is 6.70. The first-order valence-electron chi connectivity index (χ1n) is 9.72. The number of hydrogen-bond donors (Lipinski definition) is 0. The lowest BCUT2D eigenvalue weighted by molar-refractivity contribution is 0.241. The zero-order chi connectivity index (χ0) is 18.5. The summed E-state index contributed by atoms with van der Waals surface area (Å²) in [4.78, 5) is 2.61. The summed E-state index contributed by atoms with van der Waals surface area (Å²) < 4.78 is 12.0. The fourth-order valence-corrected chi connectivity index (χ4v) is 6.18. The van der Waals surface area contributed by atoms with Crippen LogP contribution in [-0.2, 0) is 8.85 Å². The van der Waals surface area contributed by atoms with Gasteiger partial charge in [0.25, 0.3) is 0 Å². The molecule has 0 amide bonds. The lowest BCUT2D eigenvalue weighted by atomic mass is 10.2. The van der Waals surface area contributed by atoms with Gasteiger partial charge in [-0.3, -0.25) is 0 Å². The molecule has 0 radical (unpaired) electrons. The van der Waals surface area contributed by atoms with Crippen LogP contribution in [0.25, 0.3) is 6.08 Å². The number of hydrogen-bond acceptors (Lipinski definition) is 3. The van der Waals surface area contributed by atoms with Gasteiger partial charge in [-0.1, -0.05) is 63.6 Å². The van der Waals surface area contributed by atoms with E-state index in [-0.39, 0.29) is 0 Å². The van der Waals surface area contributed by atoms with Crippen LogP contribution in [0.1, 0.15) is 51.5 Å². The molecule has 0 bridgehead atoms. The number of benzene rings is 1. The van der Waals surface area contributed by atoms with Crippen molar-refractivity contribution in [1.29, 1.82) is 0 Å². The zero-order valence-electron chi connectivity index (χ0n) is 16.7. The van der Waals surface area contributed by atoms with Crippen molar-refractivity contribution in [3.8, 4) is 0 Å². The molecular weight excluding hydrogens is 326 g/mol. The van der Waals surface area contributed by atoms with E-state index in [0.717, 1.165) is 24.6 Å². The molecule has 25 heavy (non-hydrogen) atoms. The van der Waals surface area contributed by atoms with Crippen molar-refractivity contribution >= 4 is 19.8 Å². The van der Waals surface area contributed by atoms with Gasteiger partial charge in [-0.25, -0.2) is 0 Å². The lowest BCUT2D eigenvalue weighted by Gasteiger charge is -2.30. The fourth-order valence-electron chi connectivity index (χ4n) is 3.30. The lowest BCUT2D eigenvalue weighted by Crippen LogP contribution is -2.53. The number of unbranched alkanes of at least 4 members (excludes halogenated alkanes) is 2. The Morgan fingerprint density at radius 1 is 0.960 bits per heavy atom. The van der Waals surface area contributed by atoms with Crippen LogP contribution in [0.5, 0.6) is 0 Å². The summed E-state index contributed by atoms with van der Waals surface area (Å²) in [5.41, 5.74) is 1.13. The summed E-state index contributed by atoms with van der Waals surface area (Å²) in [6.07, 6.45) is 8.07. The molecule has 0 aliphatic carbocycles. The fraction of sp³-hybridized carbons (Fsp3) is 0.619. The van der Waals surface area contributed by atoms with Gasteiger partial charge in [-0.05, 0) is 50.5 Å². The molecule has 0 atom stereocenters.